The van der Waals surface area contributed by atoms with Gasteiger partial charge in [-0.05, 0) is 57.6 Å². The van der Waals surface area contributed by atoms with Crippen molar-refractivity contribution in [2.24, 2.45) is 5.73 Å². The largest absolute Gasteiger partial charge is 0.387 e. The van der Waals surface area contributed by atoms with Crippen molar-refractivity contribution in [3.63, 3.8) is 0 Å². The zero-order valence-electron chi connectivity index (χ0n) is 13.4. The number of β-amino-alcohol motifs (C(OH)–C–C–N with tert-alkyl or cyclic N) is 1. The van der Waals surface area contributed by atoms with Crippen LogP contribution in [0.25, 0.3) is 0 Å². The fourth-order valence-corrected chi connectivity index (χ4v) is 3.29. The van der Waals surface area contributed by atoms with Gasteiger partial charge in [0.1, 0.15) is 0 Å². The normalized spacial score (nSPS) is 23.7. The number of likely N-dealkylation sites (tertiary alicyclic amines) is 1. The molecule has 0 saturated carbocycles. The first-order valence-corrected chi connectivity index (χ1v) is 7.88. The smallest absolute Gasteiger partial charge is 0.0900 e. The Labute approximate surface area is 128 Å². The Kier molecular flexibility index (Phi) is 5.76. The molecule has 118 valence electrons. The summed E-state index contributed by atoms with van der Waals surface area (Å²) in [5, 5.41) is 10.7. The molecule has 1 aliphatic heterocycles. The molecule has 2 rings (SSSR count). The lowest BCUT2D eigenvalue weighted by Crippen LogP contribution is -2.52. The first kappa shape index (κ1) is 16.4. The summed E-state index contributed by atoms with van der Waals surface area (Å²) in [6.07, 6.45) is 2.90. The van der Waals surface area contributed by atoms with E-state index in [4.69, 9.17) is 5.73 Å². The molecule has 4 heteroatoms. The van der Waals surface area contributed by atoms with Crippen molar-refractivity contribution in [2.75, 3.05) is 40.3 Å². The van der Waals surface area contributed by atoms with Gasteiger partial charge in [-0.25, -0.2) is 0 Å². The minimum absolute atomic E-state index is 0.568. The molecule has 0 radical (unpaired) electrons. The van der Waals surface area contributed by atoms with Gasteiger partial charge in [0.2, 0.25) is 0 Å². The van der Waals surface area contributed by atoms with Gasteiger partial charge in [0.25, 0.3) is 0 Å². The Balaban J connectivity index is 1.92. The molecule has 1 fully saturated rings. The Bertz CT molecular complexity index is 432. The topological polar surface area (TPSA) is 52.7 Å². The van der Waals surface area contributed by atoms with E-state index >= 15 is 0 Å². The molecule has 3 N–H and O–H groups in total. The molecule has 0 bridgehead atoms. The second-order valence-corrected chi connectivity index (χ2v) is 6.63. The molecule has 0 unspecified atom stereocenters. The van der Waals surface area contributed by atoms with E-state index in [2.05, 4.69) is 34.1 Å². The highest BCUT2D eigenvalue weighted by Crippen LogP contribution is 2.23. The lowest BCUT2D eigenvalue weighted by atomic mass is 9.92. The van der Waals surface area contributed by atoms with Crippen LogP contribution in [-0.4, -0.2) is 60.8 Å². The van der Waals surface area contributed by atoms with Crippen LogP contribution in [0.5, 0.6) is 0 Å². The van der Waals surface area contributed by atoms with Gasteiger partial charge in [-0.1, -0.05) is 24.3 Å². The van der Waals surface area contributed by atoms with Crippen LogP contribution in [0.4, 0.5) is 0 Å². The Morgan fingerprint density at radius 2 is 1.90 bits per heavy atom. The van der Waals surface area contributed by atoms with Gasteiger partial charge >= 0.3 is 0 Å². The van der Waals surface area contributed by atoms with E-state index in [1.54, 1.807) is 0 Å². The van der Waals surface area contributed by atoms with Crippen molar-refractivity contribution < 1.29 is 5.11 Å². The highest BCUT2D eigenvalue weighted by atomic mass is 16.3. The number of likely N-dealkylation sites (N-methyl/N-ethyl adjacent to an activating group) is 1. The number of hydrogen-bond acceptors (Lipinski definition) is 4. The maximum absolute atomic E-state index is 10.7. The highest BCUT2D eigenvalue weighted by Gasteiger charge is 2.33. The summed E-state index contributed by atoms with van der Waals surface area (Å²) in [5.41, 5.74) is 7.61. The number of rotatable bonds is 6. The summed E-state index contributed by atoms with van der Waals surface area (Å²) in [6.45, 7) is 4.18. The third-order valence-corrected chi connectivity index (χ3v) is 4.11. The monoisotopic (exact) mass is 291 g/mol. The summed E-state index contributed by atoms with van der Waals surface area (Å²) in [6, 6.07) is 8.70. The molecule has 1 atom stereocenters. The van der Waals surface area contributed by atoms with Gasteiger partial charge in [0.15, 0.2) is 0 Å². The molecule has 1 saturated heterocycles. The fourth-order valence-electron chi connectivity index (χ4n) is 3.29. The van der Waals surface area contributed by atoms with Crippen LogP contribution in [0.2, 0.25) is 0 Å². The summed E-state index contributed by atoms with van der Waals surface area (Å²) in [5.74, 6) is 0. The van der Waals surface area contributed by atoms with Crippen molar-refractivity contribution in [3.05, 3.63) is 35.4 Å². The summed E-state index contributed by atoms with van der Waals surface area (Å²) in [7, 11) is 4.04. The quantitative estimate of drug-likeness (QED) is 0.823. The fraction of sp³-hybridized carbons (Fsp3) is 0.647. The second kappa shape index (κ2) is 7.36. The van der Waals surface area contributed by atoms with E-state index in [0.29, 0.717) is 6.54 Å². The number of aliphatic hydroxyl groups is 1. The second-order valence-electron chi connectivity index (χ2n) is 6.63. The summed E-state index contributed by atoms with van der Waals surface area (Å²) >= 11 is 0. The SMILES string of the molecule is CN(C)C[C@]1(O)CCCN(Cc2ccc(CCN)cc2)C1. The zero-order valence-corrected chi connectivity index (χ0v) is 13.4. The van der Waals surface area contributed by atoms with Crippen LogP contribution in [0.15, 0.2) is 24.3 Å². The molecule has 21 heavy (non-hydrogen) atoms. The molecule has 1 aliphatic rings. The number of nitrogens with zero attached hydrogens (tertiary/aromatic N) is 2. The predicted molar refractivity (Wildman–Crippen MR) is 87.2 cm³/mol. The van der Waals surface area contributed by atoms with Crippen LogP contribution >= 0.6 is 0 Å². The van der Waals surface area contributed by atoms with Gasteiger partial charge in [0.05, 0.1) is 5.60 Å². The first-order valence-electron chi connectivity index (χ1n) is 7.88. The minimum Gasteiger partial charge on any atom is -0.387 e. The van der Waals surface area contributed by atoms with Crippen molar-refractivity contribution in [1.82, 2.24) is 9.80 Å². The lowest BCUT2D eigenvalue weighted by Gasteiger charge is -2.40. The third-order valence-electron chi connectivity index (χ3n) is 4.11. The molecular formula is C17H29N3O. The Hall–Kier alpha value is -0.940. The number of nitrogens with two attached hydrogens (primary N) is 1. The van der Waals surface area contributed by atoms with E-state index in [1.807, 2.05) is 14.1 Å². The molecule has 1 aromatic rings. The van der Waals surface area contributed by atoms with Crippen molar-refractivity contribution in [3.8, 4) is 0 Å². The van der Waals surface area contributed by atoms with Crippen molar-refractivity contribution in [2.45, 2.75) is 31.4 Å². The number of hydrogen-bond donors (Lipinski definition) is 2. The standard InChI is InChI=1S/C17H29N3O/c1-19(2)13-17(21)9-3-11-20(14-17)12-16-6-4-15(5-7-16)8-10-18/h4-7,21H,3,8-14,18H2,1-2H3/t17-/m1/s1. The van der Waals surface area contributed by atoms with E-state index < -0.39 is 5.60 Å². The van der Waals surface area contributed by atoms with Gasteiger partial charge < -0.3 is 15.7 Å². The van der Waals surface area contributed by atoms with E-state index in [0.717, 1.165) is 45.4 Å². The van der Waals surface area contributed by atoms with E-state index in [1.165, 1.54) is 11.1 Å². The van der Waals surface area contributed by atoms with Crippen molar-refractivity contribution >= 4 is 0 Å². The molecule has 4 nitrogen and oxygen atoms in total. The van der Waals surface area contributed by atoms with Crippen LogP contribution in [-0.2, 0) is 13.0 Å². The first-order chi connectivity index (χ1) is 10.0. The number of benzene rings is 1. The third kappa shape index (κ3) is 5.08. The molecule has 0 aliphatic carbocycles. The van der Waals surface area contributed by atoms with Crippen LogP contribution < -0.4 is 5.73 Å². The van der Waals surface area contributed by atoms with Crippen LogP contribution in [0, 0.1) is 0 Å². The molecule has 0 spiro atoms. The van der Waals surface area contributed by atoms with E-state index in [-0.39, 0.29) is 0 Å². The zero-order chi connectivity index (χ0) is 15.3. The molecule has 1 aromatic carbocycles. The van der Waals surface area contributed by atoms with Gasteiger partial charge in [-0.2, -0.15) is 0 Å². The molecular weight excluding hydrogens is 262 g/mol. The highest BCUT2D eigenvalue weighted by molar-refractivity contribution is 5.22. The predicted octanol–water partition coefficient (Wildman–Crippen LogP) is 1.08. The summed E-state index contributed by atoms with van der Waals surface area (Å²) < 4.78 is 0. The van der Waals surface area contributed by atoms with Gasteiger partial charge in [0, 0.05) is 19.6 Å². The summed E-state index contributed by atoms with van der Waals surface area (Å²) in [4.78, 5) is 4.44. The average molecular weight is 291 g/mol. The molecule has 0 amide bonds. The Morgan fingerprint density at radius 3 is 2.52 bits per heavy atom. The maximum Gasteiger partial charge on any atom is 0.0900 e. The maximum atomic E-state index is 10.7. The molecule has 1 heterocycles. The Morgan fingerprint density at radius 1 is 1.24 bits per heavy atom. The van der Waals surface area contributed by atoms with E-state index in [9.17, 15) is 5.11 Å². The van der Waals surface area contributed by atoms with Crippen LogP contribution in [0.1, 0.15) is 24.0 Å². The minimum atomic E-state index is -0.568. The van der Waals surface area contributed by atoms with Crippen molar-refractivity contribution in [1.29, 1.82) is 0 Å². The van der Waals surface area contributed by atoms with Gasteiger partial charge in [-0.3, -0.25) is 4.90 Å². The average Bonchev–Trinajstić information content (AvgIpc) is 2.40. The number of piperidine rings is 1. The van der Waals surface area contributed by atoms with Crippen LogP contribution in [0.3, 0.4) is 0 Å². The van der Waals surface area contributed by atoms with Gasteiger partial charge in [-0.15, -0.1) is 0 Å². The molecule has 0 aromatic heterocycles. The lowest BCUT2D eigenvalue weighted by molar-refractivity contribution is -0.0479.